The number of rotatable bonds is 3. The van der Waals surface area contributed by atoms with Crippen molar-refractivity contribution in [3.63, 3.8) is 0 Å². The molecule has 2 heteroatoms. The molecule has 0 unspecified atom stereocenters. The Kier molecular flexibility index (Phi) is 3.30. The van der Waals surface area contributed by atoms with E-state index in [0.29, 0.717) is 0 Å². The largest absolute Gasteiger partial charge is 0.496 e. The van der Waals surface area contributed by atoms with E-state index in [0.717, 1.165) is 12.2 Å². The lowest BCUT2D eigenvalue weighted by atomic mass is 10.1. The lowest BCUT2D eigenvalue weighted by molar-refractivity contribution is 0.407. The van der Waals surface area contributed by atoms with Crippen molar-refractivity contribution in [1.29, 1.82) is 0 Å². The highest BCUT2D eigenvalue weighted by Gasteiger charge is 2.07. The van der Waals surface area contributed by atoms with Gasteiger partial charge in [-0.3, -0.25) is 0 Å². The summed E-state index contributed by atoms with van der Waals surface area (Å²) in [5.41, 5.74) is 2.47. The van der Waals surface area contributed by atoms with Crippen LogP contribution in [-0.2, 0) is 6.42 Å². The van der Waals surface area contributed by atoms with Crippen LogP contribution in [0.5, 0.6) is 5.75 Å². The normalized spacial score (nSPS) is 10.4. The van der Waals surface area contributed by atoms with Crippen LogP contribution in [0.3, 0.4) is 0 Å². The third kappa shape index (κ3) is 2.27. The number of benzene rings is 1. The van der Waals surface area contributed by atoms with Crippen molar-refractivity contribution in [2.75, 3.05) is 7.11 Å². The molecular weight excluding hydrogens is 216 g/mol. The highest BCUT2D eigenvalue weighted by Crippen LogP contribution is 2.27. The number of thiophene rings is 1. The third-order valence-electron chi connectivity index (χ3n) is 2.66. The number of ether oxygens (including phenoxy) is 1. The first kappa shape index (κ1) is 11.2. The molecule has 0 N–H and O–H groups in total. The van der Waals surface area contributed by atoms with Crippen molar-refractivity contribution in [3.8, 4) is 5.75 Å². The first-order valence-corrected chi connectivity index (χ1v) is 6.20. The van der Waals surface area contributed by atoms with Crippen LogP contribution in [0.2, 0.25) is 0 Å². The summed E-state index contributed by atoms with van der Waals surface area (Å²) in [5.74, 6) is 1.02. The zero-order valence-corrected chi connectivity index (χ0v) is 10.7. The summed E-state index contributed by atoms with van der Waals surface area (Å²) in [4.78, 5) is 2.75. The Bertz CT molecular complexity index is 485. The van der Waals surface area contributed by atoms with Crippen molar-refractivity contribution >= 4 is 11.3 Å². The van der Waals surface area contributed by atoms with E-state index in [1.54, 1.807) is 7.11 Å². The van der Waals surface area contributed by atoms with Gasteiger partial charge in [0.1, 0.15) is 5.75 Å². The second-order valence-electron chi connectivity index (χ2n) is 3.96. The summed E-state index contributed by atoms with van der Waals surface area (Å²) in [6.45, 7) is 4.23. The van der Waals surface area contributed by atoms with Crippen molar-refractivity contribution in [2.45, 2.75) is 20.3 Å². The van der Waals surface area contributed by atoms with Crippen LogP contribution in [0, 0.1) is 13.8 Å². The Morgan fingerprint density at radius 2 is 1.94 bits per heavy atom. The number of para-hydroxylation sites is 1. The SMILES string of the molecule is COc1c(C)cccc1Cc1ccc(C)s1. The molecule has 0 saturated carbocycles. The zero-order chi connectivity index (χ0) is 11.5. The van der Waals surface area contributed by atoms with Crippen LogP contribution in [0.4, 0.5) is 0 Å². The molecule has 16 heavy (non-hydrogen) atoms. The summed E-state index contributed by atoms with van der Waals surface area (Å²) in [6, 6.07) is 10.7. The number of methoxy groups -OCH3 is 1. The molecule has 1 aromatic carbocycles. The molecule has 0 saturated heterocycles. The average Bonchev–Trinajstić information content (AvgIpc) is 2.64. The molecule has 0 fully saturated rings. The Morgan fingerprint density at radius 1 is 1.12 bits per heavy atom. The Morgan fingerprint density at radius 3 is 2.56 bits per heavy atom. The molecule has 0 radical (unpaired) electrons. The van der Waals surface area contributed by atoms with Gasteiger partial charge in [-0.25, -0.2) is 0 Å². The van der Waals surface area contributed by atoms with Gasteiger partial charge in [-0.2, -0.15) is 0 Å². The van der Waals surface area contributed by atoms with Gasteiger partial charge in [0, 0.05) is 16.2 Å². The minimum atomic E-state index is 0.962. The van der Waals surface area contributed by atoms with Crippen LogP contribution in [0.15, 0.2) is 30.3 Å². The van der Waals surface area contributed by atoms with Gasteiger partial charge in [-0.05, 0) is 37.1 Å². The molecule has 1 heterocycles. The van der Waals surface area contributed by atoms with Crippen molar-refractivity contribution in [2.24, 2.45) is 0 Å². The van der Waals surface area contributed by atoms with Crippen LogP contribution < -0.4 is 4.74 Å². The Labute approximate surface area is 101 Å². The monoisotopic (exact) mass is 232 g/mol. The van der Waals surface area contributed by atoms with Gasteiger partial charge in [-0.1, -0.05) is 18.2 Å². The predicted octanol–water partition coefficient (Wildman–Crippen LogP) is 3.96. The Balaban J connectivity index is 2.30. The van der Waals surface area contributed by atoms with E-state index in [1.807, 2.05) is 11.3 Å². The van der Waals surface area contributed by atoms with Gasteiger partial charge < -0.3 is 4.74 Å². The Hall–Kier alpha value is -1.28. The highest BCUT2D eigenvalue weighted by atomic mass is 32.1. The predicted molar refractivity (Wildman–Crippen MR) is 69.6 cm³/mol. The number of hydrogen-bond acceptors (Lipinski definition) is 2. The maximum absolute atomic E-state index is 5.46. The fourth-order valence-electron chi connectivity index (χ4n) is 1.91. The maximum Gasteiger partial charge on any atom is 0.125 e. The van der Waals surface area contributed by atoms with E-state index in [4.69, 9.17) is 4.74 Å². The summed E-state index contributed by atoms with van der Waals surface area (Å²) >= 11 is 1.85. The minimum absolute atomic E-state index is 0.962. The van der Waals surface area contributed by atoms with Crippen LogP contribution in [-0.4, -0.2) is 7.11 Å². The zero-order valence-electron chi connectivity index (χ0n) is 9.91. The van der Waals surface area contributed by atoms with Crippen molar-refractivity contribution in [3.05, 3.63) is 51.2 Å². The summed E-state index contributed by atoms with van der Waals surface area (Å²) in [7, 11) is 1.74. The maximum atomic E-state index is 5.46. The van der Waals surface area contributed by atoms with E-state index >= 15 is 0 Å². The first-order valence-electron chi connectivity index (χ1n) is 5.38. The molecule has 0 atom stereocenters. The lowest BCUT2D eigenvalue weighted by Crippen LogP contribution is -1.94. The first-order chi connectivity index (χ1) is 7.70. The molecule has 0 aliphatic rings. The quantitative estimate of drug-likeness (QED) is 0.778. The van der Waals surface area contributed by atoms with Gasteiger partial charge in [-0.15, -0.1) is 11.3 Å². The number of aryl methyl sites for hydroxylation is 2. The molecule has 0 bridgehead atoms. The van der Waals surface area contributed by atoms with Crippen molar-refractivity contribution < 1.29 is 4.74 Å². The smallest absolute Gasteiger partial charge is 0.125 e. The lowest BCUT2D eigenvalue weighted by Gasteiger charge is -2.10. The van der Waals surface area contributed by atoms with E-state index in [-0.39, 0.29) is 0 Å². The molecule has 0 spiro atoms. The second-order valence-corrected chi connectivity index (χ2v) is 5.33. The molecule has 1 nitrogen and oxygen atoms in total. The topological polar surface area (TPSA) is 9.23 Å². The van der Waals surface area contributed by atoms with Gasteiger partial charge in [0.05, 0.1) is 7.11 Å². The second kappa shape index (κ2) is 4.71. The van der Waals surface area contributed by atoms with Crippen LogP contribution in [0.25, 0.3) is 0 Å². The van der Waals surface area contributed by atoms with E-state index in [2.05, 4.69) is 44.2 Å². The van der Waals surface area contributed by atoms with E-state index < -0.39 is 0 Å². The molecule has 0 amide bonds. The molecule has 1 aromatic heterocycles. The fraction of sp³-hybridized carbons (Fsp3) is 0.286. The summed E-state index contributed by atoms with van der Waals surface area (Å²) in [5, 5.41) is 0. The highest BCUT2D eigenvalue weighted by molar-refractivity contribution is 7.11. The summed E-state index contributed by atoms with van der Waals surface area (Å²) in [6.07, 6.45) is 0.962. The molecule has 2 aromatic rings. The van der Waals surface area contributed by atoms with Gasteiger partial charge >= 0.3 is 0 Å². The molecular formula is C14H16OS. The molecule has 84 valence electrons. The van der Waals surface area contributed by atoms with E-state index in [9.17, 15) is 0 Å². The van der Waals surface area contributed by atoms with Crippen molar-refractivity contribution in [1.82, 2.24) is 0 Å². The summed E-state index contributed by atoms with van der Waals surface area (Å²) < 4.78 is 5.46. The van der Waals surface area contributed by atoms with E-state index in [1.165, 1.54) is 20.9 Å². The fourth-order valence-corrected chi connectivity index (χ4v) is 2.83. The molecule has 2 rings (SSSR count). The van der Waals surface area contributed by atoms with Gasteiger partial charge in [0.15, 0.2) is 0 Å². The van der Waals surface area contributed by atoms with Gasteiger partial charge in [0.2, 0.25) is 0 Å². The third-order valence-corrected chi connectivity index (χ3v) is 3.66. The van der Waals surface area contributed by atoms with Gasteiger partial charge in [0.25, 0.3) is 0 Å². The molecule has 0 aliphatic heterocycles. The standard InChI is InChI=1S/C14H16OS/c1-10-5-4-6-12(14(10)15-3)9-13-8-7-11(2)16-13/h4-8H,9H2,1-3H3. The molecule has 0 aliphatic carbocycles. The average molecular weight is 232 g/mol. The van der Waals surface area contributed by atoms with Crippen LogP contribution in [0.1, 0.15) is 20.9 Å². The number of hydrogen-bond donors (Lipinski definition) is 0. The minimum Gasteiger partial charge on any atom is -0.496 e. The van der Waals surface area contributed by atoms with Crippen LogP contribution >= 0.6 is 11.3 Å².